The summed E-state index contributed by atoms with van der Waals surface area (Å²) in [5.74, 6) is 0.307. The van der Waals surface area contributed by atoms with Crippen LogP contribution in [0.25, 0.3) is 11.1 Å². The van der Waals surface area contributed by atoms with E-state index in [0.717, 1.165) is 16.9 Å². The maximum absolute atomic E-state index is 10.8. The van der Waals surface area contributed by atoms with Gasteiger partial charge in [-0.2, -0.15) is 5.26 Å². The molecule has 0 aromatic heterocycles. The molecule has 0 aliphatic rings. The van der Waals surface area contributed by atoms with Crippen molar-refractivity contribution in [3.05, 3.63) is 54.1 Å². The topological polar surface area (TPSA) is 82.3 Å². The molecule has 2 aromatic carbocycles. The number of rotatable bonds is 6. The Bertz CT molecular complexity index is 658. The number of nitrogens with zero attached hydrogens (tertiary/aromatic N) is 1. The Labute approximate surface area is 128 Å². The summed E-state index contributed by atoms with van der Waals surface area (Å²) >= 11 is 0. The quantitative estimate of drug-likeness (QED) is 0.488. The molecule has 0 radical (unpaired) electrons. The first-order valence-corrected chi connectivity index (χ1v) is 6.89. The number of nitriles is 1. The van der Waals surface area contributed by atoms with Crippen molar-refractivity contribution in [2.45, 2.75) is 12.8 Å². The lowest BCUT2D eigenvalue weighted by Gasteiger charge is -2.07. The second-order valence-electron chi connectivity index (χ2n) is 4.70. The largest absolute Gasteiger partial charge is 0.494 e. The van der Waals surface area contributed by atoms with Crippen molar-refractivity contribution >= 4 is 5.91 Å². The summed E-state index contributed by atoms with van der Waals surface area (Å²) in [7, 11) is 0. The molecule has 2 aromatic rings. The van der Waals surface area contributed by atoms with Crippen molar-refractivity contribution < 1.29 is 14.7 Å². The summed E-state index contributed by atoms with van der Waals surface area (Å²) in [4.78, 5) is 10.8. The summed E-state index contributed by atoms with van der Waals surface area (Å²) in [6, 6.07) is 17.1. The predicted molar refractivity (Wildman–Crippen MR) is 81.3 cm³/mol. The van der Waals surface area contributed by atoms with Gasteiger partial charge in [-0.05, 0) is 41.8 Å². The third-order valence-electron chi connectivity index (χ3n) is 3.14. The molecule has 0 saturated heterocycles. The fraction of sp³-hybridized carbons (Fsp3) is 0.176. The second-order valence-corrected chi connectivity index (χ2v) is 4.70. The monoisotopic (exact) mass is 296 g/mol. The van der Waals surface area contributed by atoms with Crippen LogP contribution in [-0.4, -0.2) is 17.7 Å². The molecular formula is C17H16N2O3. The minimum Gasteiger partial charge on any atom is -0.494 e. The number of hydrogen-bond donors (Lipinski definition) is 2. The highest BCUT2D eigenvalue weighted by Gasteiger charge is 2.01. The molecule has 0 saturated carbocycles. The Morgan fingerprint density at radius 3 is 2.23 bits per heavy atom. The van der Waals surface area contributed by atoms with Gasteiger partial charge < -0.3 is 4.74 Å². The third kappa shape index (κ3) is 4.33. The van der Waals surface area contributed by atoms with Crippen LogP contribution in [0.15, 0.2) is 48.5 Å². The van der Waals surface area contributed by atoms with Crippen LogP contribution in [0.1, 0.15) is 18.4 Å². The number of carbonyl (C=O) groups is 1. The average molecular weight is 296 g/mol. The zero-order chi connectivity index (χ0) is 15.8. The van der Waals surface area contributed by atoms with Crippen LogP contribution in [0, 0.1) is 11.3 Å². The van der Waals surface area contributed by atoms with E-state index in [1.54, 1.807) is 17.6 Å². The Kier molecular flexibility index (Phi) is 5.52. The molecule has 1 amide bonds. The Balaban J connectivity index is 1.89. The zero-order valence-electron chi connectivity index (χ0n) is 12.0. The first kappa shape index (κ1) is 15.5. The van der Waals surface area contributed by atoms with Gasteiger partial charge in [-0.3, -0.25) is 10.0 Å². The van der Waals surface area contributed by atoms with Crippen LogP contribution in [0.5, 0.6) is 5.75 Å². The van der Waals surface area contributed by atoms with E-state index in [4.69, 9.17) is 15.2 Å². The molecular weight excluding hydrogens is 280 g/mol. The summed E-state index contributed by atoms with van der Waals surface area (Å²) in [5, 5.41) is 17.1. The first-order valence-electron chi connectivity index (χ1n) is 6.89. The van der Waals surface area contributed by atoms with Gasteiger partial charge in [-0.1, -0.05) is 24.3 Å². The Morgan fingerprint density at radius 2 is 1.68 bits per heavy atom. The molecule has 0 fully saturated rings. The van der Waals surface area contributed by atoms with E-state index in [2.05, 4.69) is 6.07 Å². The van der Waals surface area contributed by atoms with Crippen molar-refractivity contribution in [1.82, 2.24) is 5.48 Å². The van der Waals surface area contributed by atoms with Crippen LogP contribution >= 0.6 is 0 Å². The number of hydroxylamine groups is 1. The lowest BCUT2D eigenvalue weighted by Crippen LogP contribution is -2.18. The summed E-state index contributed by atoms with van der Waals surface area (Å²) in [5.41, 5.74) is 4.29. The van der Waals surface area contributed by atoms with E-state index in [9.17, 15) is 4.79 Å². The average Bonchev–Trinajstić information content (AvgIpc) is 2.59. The minimum absolute atomic E-state index is 0.222. The van der Waals surface area contributed by atoms with Crippen molar-refractivity contribution in [2.24, 2.45) is 0 Å². The molecule has 0 heterocycles. The van der Waals surface area contributed by atoms with Crippen molar-refractivity contribution in [1.29, 1.82) is 5.26 Å². The summed E-state index contributed by atoms with van der Waals surface area (Å²) < 4.78 is 5.52. The Hall–Kier alpha value is -2.84. The van der Waals surface area contributed by atoms with E-state index < -0.39 is 5.91 Å². The lowest BCUT2D eigenvalue weighted by molar-refractivity contribution is -0.129. The van der Waals surface area contributed by atoms with Gasteiger partial charge in [0.05, 0.1) is 18.2 Å². The highest BCUT2D eigenvalue weighted by molar-refractivity contribution is 5.74. The summed E-state index contributed by atoms with van der Waals surface area (Å²) in [6.45, 7) is 0.406. The molecule has 0 bridgehead atoms. The molecule has 5 heteroatoms. The van der Waals surface area contributed by atoms with Gasteiger partial charge in [0.1, 0.15) is 5.75 Å². The molecule has 2 N–H and O–H groups in total. The predicted octanol–water partition coefficient (Wildman–Crippen LogP) is 2.89. The van der Waals surface area contributed by atoms with E-state index >= 15 is 0 Å². The highest BCUT2D eigenvalue weighted by Crippen LogP contribution is 2.22. The fourth-order valence-corrected chi connectivity index (χ4v) is 1.96. The van der Waals surface area contributed by atoms with E-state index in [0.29, 0.717) is 18.6 Å². The van der Waals surface area contributed by atoms with E-state index in [1.165, 1.54) is 0 Å². The molecule has 0 spiro atoms. The van der Waals surface area contributed by atoms with Crippen molar-refractivity contribution in [3.8, 4) is 22.9 Å². The van der Waals surface area contributed by atoms with Crippen molar-refractivity contribution in [2.75, 3.05) is 6.61 Å². The molecule has 22 heavy (non-hydrogen) atoms. The lowest BCUT2D eigenvalue weighted by atomic mass is 10.0. The van der Waals surface area contributed by atoms with Crippen LogP contribution in [0.4, 0.5) is 0 Å². The number of ether oxygens (including phenoxy) is 1. The van der Waals surface area contributed by atoms with Crippen LogP contribution in [-0.2, 0) is 4.79 Å². The smallest absolute Gasteiger partial charge is 0.243 e. The van der Waals surface area contributed by atoms with Gasteiger partial charge in [0.2, 0.25) is 5.91 Å². The maximum Gasteiger partial charge on any atom is 0.243 e. The van der Waals surface area contributed by atoms with Gasteiger partial charge in [0, 0.05) is 6.42 Å². The zero-order valence-corrected chi connectivity index (χ0v) is 12.0. The number of nitrogens with one attached hydrogen (secondary N) is 1. The molecule has 0 atom stereocenters. The number of benzene rings is 2. The van der Waals surface area contributed by atoms with Gasteiger partial charge in [0.25, 0.3) is 0 Å². The molecule has 2 rings (SSSR count). The van der Waals surface area contributed by atoms with Gasteiger partial charge >= 0.3 is 0 Å². The summed E-state index contributed by atoms with van der Waals surface area (Å²) in [6.07, 6.45) is 0.754. The molecule has 5 nitrogen and oxygen atoms in total. The first-order chi connectivity index (χ1) is 10.7. The van der Waals surface area contributed by atoms with Crippen molar-refractivity contribution in [3.63, 3.8) is 0 Å². The third-order valence-corrected chi connectivity index (χ3v) is 3.14. The standard InChI is InChI=1S/C17H16N2O3/c18-12-13-3-5-14(6-4-13)15-7-9-16(10-8-15)22-11-1-2-17(20)19-21/h3-10,21H,1-2,11H2,(H,19,20). The van der Waals surface area contributed by atoms with E-state index in [1.807, 2.05) is 36.4 Å². The van der Waals surface area contributed by atoms with Crippen LogP contribution < -0.4 is 10.2 Å². The van der Waals surface area contributed by atoms with Gasteiger partial charge in [-0.25, -0.2) is 5.48 Å². The van der Waals surface area contributed by atoms with Gasteiger partial charge in [-0.15, -0.1) is 0 Å². The SMILES string of the molecule is N#Cc1ccc(-c2ccc(OCCCC(=O)NO)cc2)cc1. The van der Waals surface area contributed by atoms with Crippen LogP contribution in [0.2, 0.25) is 0 Å². The fourth-order valence-electron chi connectivity index (χ4n) is 1.96. The molecule has 0 unspecified atom stereocenters. The van der Waals surface area contributed by atoms with Gasteiger partial charge in [0.15, 0.2) is 0 Å². The normalized spacial score (nSPS) is 9.82. The molecule has 112 valence electrons. The number of hydrogen-bond acceptors (Lipinski definition) is 4. The van der Waals surface area contributed by atoms with Crippen LogP contribution in [0.3, 0.4) is 0 Å². The number of carbonyl (C=O) groups excluding carboxylic acids is 1. The molecule has 0 aliphatic heterocycles. The number of amides is 1. The minimum atomic E-state index is -0.417. The van der Waals surface area contributed by atoms with E-state index in [-0.39, 0.29) is 6.42 Å². The highest BCUT2D eigenvalue weighted by atomic mass is 16.5. The molecule has 0 aliphatic carbocycles. The second kappa shape index (κ2) is 7.81. The Morgan fingerprint density at radius 1 is 1.09 bits per heavy atom. The maximum atomic E-state index is 10.8.